The van der Waals surface area contributed by atoms with E-state index in [2.05, 4.69) is 4.90 Å². The molecule has 1 amide bonds. The summed E-state index contributed by atoms with van der Waals surface area (Å²) in [5, 5.41) is 1.17. The molecule has 0 spiro atoms. The Kier molecular flexibility index (Phi) is 8.82. The van der Waals surface area contributed by atoms with Crippen molar-refractivity contribution in [1.82, 2.24) is 9.88 Å². The summed E-state index contributed by atoms with van der Waals surface area (Å²) in [6.07, 6.45) is 0.752. The van der Waals surface area contributed by atoms with Gasteiger partial charge >= 0.3 is 5.97 Å². The highest BCUT2D eigenvalue weighted by atomic mass is 35.5. The number of methoxy groups -OCH3 is 1. The Morgan fingerprint density at radius 3 is 2.39 bits per heavy atom. The van der Waals surface area contributed by atoms with Crippen LogP contribution in [-0.4, -0.2) is 56.1 Å². The number of hydrogen-bond donors (Lipinski definition) is 0. The van der Waals surface area contributed by atoms with Gasteiger partial charge in [-0.3, -0.25) is 9.69 Å². The highest BCUT2D eigenvalue weighted by Gasteiger charge is 2.26. The minimum Gasteiger partial charge on any atom is -0.465 e. The molecule has 0 aliphatic carbocycles. The van der Waals surface area contributed by atoms with Crippen molar-refractivity contribution >= 4 is 62.6 Å². The lowest BCUT2D eigenvalue weighted by atomic mass is 10.1. The minimum absolute atomic E-state index is 0. The third kappa shape index (κ3) is 5.54. The number of rotatable bonds is 7. The number of aryl methyl sites for hydroxylation is 1. The molecule has 31 heavy (non-hydrogen) atoms. The summed E-state index contributed by atoms with van der Waals surface area (Å²) in [7, 11) is 5.27. The van der Waals surface area contributed by atoms with Gasteiger partial charge in [-0.2, -0.15) is 0 Å². The molecule has 0 atom stereocenters. The van der Waals surface area contributed by atoms with Crippen LogP contribution in [0.1, 0.15) is 32.7 Å². The van der Waals surface area contributed by atoms with Gasteiger partial charge in [0, 0.05) is 6.54 Å². The Balaban J connectivity index is 0.00000341. The quantitative estimate of drug-likeness (QED) is 0.441. The van der Waals surface area contributed by atoms with Crippen LogP contribution in [0.3, 0.4) is 0 Å². The molecule has 0 radical (unpaired) electrons. The number of thiazole rings is 1. The van der Waals surface area contributed by atoms with E-state index in [1.54, 1.807) is 29.2 Å². The summed E-state index contributed by atoms with van der Waals surface area (Å²) in [5.41, 5.74) is 2.30. The van der Waals surface area contributed by atoms with E-state index >= 15 is 0 Å². The van der Waals surface area contributed by atoms with Crippen LogP contribution in [0.15, 0.2) is 36.4 Å². The molecule has 0 N–H and O–H groups in total. The number of esters is 1. The Morgan fingerprint density at radius 1 is 1.10 bits per heavy atom. The van der Waals surface area contributed by atoms with Gasteiger partial charge in [-0.05, 0) is 57.7 Å². The summed E-state index contributed by atoms with van der Waals surface area (Å²) >= 11 is 7.75. The second-order valence-electron chi connectivity index (χ2n) is 7.19. The van der Waals surface area contributed by atoms with Crippen LogP contribution in [0, 0.1) is 6.92 Å². The lowest BCUT2D eigenvalue weighted by molar-refractivity contribution is 0.0597. The van der Waals surface area contributed by atoms with E-state index in [1.165, 1.54) is 18.4 Å². The van der Waals surface area contributed by atoms with E-state index in [0.717, 1.165) is 28.7 Å². The van der Waals surface area contributed by atoms with Gasteiger partial charge < -0.3 is 9.64 Å². The minimum atomic E-state index is -0.546. The molecule has 9 heteroatoms. The van der Waals surface area contributed by atoms with Gasteiger partial charge in [0.15, 0.2) is 5.13 Å². The maximum atomic E-state index is 13.5. The standard InChI is InChI=1S/C22H24ClN3O3S.ClH/c1-14-10-11-17(23)19-18(14)24-22(30-19)26(13-7-12-25(2)3)20(27)15-8-5-6-9-16(15)21(28)29-4;/h5-6,8-11H,7,12-13H2,1-4H3;1H. The highest BCUT2D eigenvalue weighted by Crippen LogP contribution is 2.36. The van der Waals surface area contributed by atoms with Crippen molar-refractivity contribution in [2.45, 2.75) is 13.3 Å². The Bertz CT molecular complexity index is 1050. The molecular weight excluding hydrogens is 457 g/mol. The first kappa shape index (κ1) is 25.1. The first-order valence-electron chi connectivity index (χ1n) is 9.53. The zero-order valence-electron chi connectivity index (χ0n) is 17.8. The number of ether oxygens (including phenoxy) is 1. The molecule has 0 unspecified atom stereocenters. The second-order valence-corrected chi connectivity index (χ2v) is 8.57. The first-order chi connectivity index (χ1) is 14.3. The van der Waals surface area contributed by atoms with Gasteiger partial charge in [-0.15, -0.1) is 12.4 Å². The Labute approximate surface area is 197 Å². The summed E-state index contributed by atoms with van der Waals surface area (Å²) in [5.74, 6) is -0.835. The Hall–Kier alpha value is -2.19. The molecule has 1 aromatic heterocycles. The summed E-state index contributed by atoms with van der Waals surface area (Å²) in [6, 6.07) is 10.4. The van der Waals surface area contributed by atoms with Crippen LogP contribution in [0.25, 0.3) is 10.2 Å². The maximum absolute atomic E-state index is 13.5. The number of carbonyl (C=O) groups is 2. The van der Waals surface area contributed by atoms with Gasteiger partial charge in [0.2, 0.25) is 0 Å². The van der Waals surface area contributed by atoms with E-state index < -0.39 is 5.97 Å². The maximum Gasteiger partial charge on any atom is 0.338 e. The molecule has 0 saturated carbocycles. The summed E-state index contributed by atoms with van der Waals surface area (Å²) in [4.78, 5) is 34.2. The van der Waals surface area contributed by atoms with Crippen molar-refractivity contribution < 1.29 is 14.3 Å². The largest absolute Gasteiger partial charge is 0.465 e. The third-order valence-corrected chi connectivity index (χ3v) is 6.25. The molecule has 0 aliphatic heterocycles. The van der Waals surface area contributed by atoms with Crippen LogP contribution >= 0.6 is 35.3 Å². The fraction of sp³-hybridized carbons (Fsp3) is 0.318. The topological polar surface area (TPSA) is 62.7 Å². The van der Waals surface area contributed by atoms with Crippen LogP contribution in [-0.2, 0) is 4.74 Å². The Morgan fingerprint density at radius 2 is 1.77 bits per heavy atom. The number of nitrogens with zero attached hydrogens (tertiary/aromatic N) is 3. The highest BCUT2D eigenvalue weighted by molar-refractivity contribution is 7.23. The number of amides is 1. The molecule has 0 saturated heterocycles. The van der Waals surface area contributed by atoms with Crippen LogP contribution < -0.4 is 4.90 Å². The molecule has 166 valence electrons. The van der Waals surface area contributed by atoms with E-state index in [9.17, 15) is 9.59 Å². The van der Waals surface area contributed by atoms with Gasteiger partial charge in [0.1, 0.15) is 0 Å². The molecule has 3 rings (SSSR count). The fourth-order valence-corrected chi connectivity index (χ4v) is 4.48. The predicted octanol–water partition coefficient (Wildman–Crippen LogP) is 5.07. The lowest BCUT2D eigenvalue weighted by Gasteiger charge is -2.22. The van der Waals surface area contributed by atoms with Gasteiger partial charge in [0.05, 0.1) is 33.5 Å². The molecule has 1 heterocycles. The number of fused-ring (bicyclic) bond motifs is 1. The lowest BCUT2D eigenvalue weighted by Crippen LogP contribution is -2.34. The van der Waals surface area contributed by atoms with Gasteiger partial charge in [-0.25, -0.2) is 9.78 Å². The molecule has 0 fully saturated rings. The predicted molar refractivity (Wildman–Crippen MR) is 129 cm³/mol. The number of anilines is 1. The summed E-state index contributed by atoms with van der Waals surface area (Å²) < 4.78 is 5.70. The SMILES string of the molecule is COC(=O)c1ccccc1C(=O)N(CCCN(C)C)c1nc2c(C)ccc(Cl)c2s1.Cl. The molecule has 6 nitrogen and oxygen atoms in total. The van der Waals surface area contributed by atoms with E-state index in [0.29, 0.717) is 16.7 Å². The van der Waals surface area contributed by atoms with Crippen LogP contribution in [0.5, 0.6) is 0 Å². The van der Waals surface area contributed by atoms with Crippen molar-refractivity contribution in [2.75, 3.05) is 39.2 Å². The molecular formula is C22H25Cl2N3O3S. The van der Waals surface area contributed by atoms with Gasteiger partial charge in [-0.1, -0.05) is 41.1 Å². The first-order valence-corrected chi connectivity index (χ1v) is 10.7. The third-order valence-electron chi connectivity index (χ3n) is 4.71. The van der Waals surface area contributed by atoms with Crippen LogP contribution in [0.4, 0.5) is 5.13 Å². The fourth-order valence-electron chi connectivity index (χ4n) is 3.14. The number of aromatic nitrogens is 1. The molecule has 0 bridgehead atoms. The monoisotopic (exact) mass is 481 g/mol. The smallest absolute Gasteiger partial charge is 0.338 e. The van der Waals surface area contributed by atoms with Crippen LogP contribution in [0.2, 0.25) is 5.02 Å². The van der Waals surface area contributed by atoms with Crippen molar-refractivity contribution in [3.8, 4) is 0 Å². The average Bonchev–Trinajstić information content (AvgIpc) is 3.19. The molecule has 0 aliphatic rings. The zero-order valence-corrected chi connectivity index (χ0v) is 20.2. The number of halogens is 2. The normalized spacial score (nSPS) is 10.8. The zero-order chi connectivity index (χ0) is 21.8. The molecule has 3 aromatic rings. The van der Waals surface area contributed by atoms with Crippen molar-refractivity contribution in [1.29, 1.82) is 0 Å². The van der Waals surface area contributed by atoms with E-state index in [-0.39, 0.29) is 29.4 Å². The van der Waals surface area contributed by atoms with Crippen molar-refractivity contribution in [2.24, 2.45) is 0 Å². The van der Waals surface area contributed by atoms with Gasteiger partial charge in [0.25, 0.3) is 5.91 Å². The van der Waals surface area contributed by atoms with E-state index in [1.807, 2.05) is 33.2 Å². The number of benzene rings is 2. The summed E-state index contributed by atoms with van der Waals surface area (Å²) in [6.45, 7) is 3.24. The number of hydrogen-bond acceptors (Lipinski definition) is 6. The van der Waals surface area contributed by atoms with Crippen molar-refractivity contribution in [3.63, 3.8) is 0 Å². The van der Waals surface area contributed by atoms with E-state index in [4.69, 9.17) is 21.3 Å². The molecule has 2 aromatic carbocycles. The number of carbonyl (C=O) groups excluding carboxylic acids is 2. The van der Waals surface area contributed by atoms with Crippen molar-refractivity contribution in [3.05, 3.63) is 58.1 Å². The average molecular weight is 482 g/mol. The second kappa shape index (κ2) is 10.9.